The second-order valence-corrected chi connectivity index (χ2v) is 1.71. The molecule has 1 aliphatic heterocycles. The molecule has 0 aromatic rings. The van der Waals surface area contributed by atoms with Crippen molar-refractivity contribution in [1.29, 1.82) is 0 Å². The van der Waals surface area contributed by atoms with E-state index in [-0.39, 0.29) is 0 Å². The van der Waals surface area contributed by atoms with Gasteiger partial charge in [-0.2, -0.15) is 0 Å². The number of carboxylic acid groups (broad SMARTS) is 1. The normalized spacial score (nSPS) is 21.8. The lowest BCUT2D eigenvalue weighted by molar-refractivity contribution is -0.134. The van der Waals surface area contributed by atoms with Gasteiger partial charge in [0.25, 0.3) is 5.97 Å². The summed E-state index contributed by atoms with van der Waals surface area (Å²) in [7, 11) is 0. The molecule has 1 heterocycles. The van der Waals surface area contributed by atoms with Crippen molar-refractivity contribution in [3.8, 4) is 0 Å². The van der Waals surface area contributed by atoms with E-state index in [1.165, 1.54) is 0 Å². The van der Waals surface area contributed by atoms with Crippen LogP contribution in [0.2, 0.25) is 0 Å². The molecule has 0 amide bonds. The van der Waals surface area contributed by atoms with E-state index in [2.05, 4.69) is 0 Å². The SMILES string of the molecule is CC(=O)O.NC[C@H]1CO1. The molecule has 3 N–H and O–H groups in total. The number of rotatable bonds is 1. The smallest absolute Gasteiger partial charge is 0.300 e. The molecule has 0 unspecified atom stereocenters. The summed E-state index contributed by atoms with van der Waals surface area (Å²) in [5.41, 5.74) is 5.11. The molecule has 0 spiro atoms. The van der Waals surface area contributed by atoms with E-state index in [1.54, 1.807) is 0 Å². The first-order chi connectivity index (χ1) is 4.16. The van der Waals surface area contributed by atoms with E-state index in [4.69, 9.17) is 20.4 Å². The molecular weight excluding hydrogens is 122 g/mol. The quantitative estimate of drug-likeness (QED) is 0.470. The number of ether oxygens (including phenoxy) is 1. The van der Waals surface area contributed by atoms with E-state index in [9.17, 15) is 0 Å². The van der Waals surface area contributed by atoms with E-state index in [0.29, 0.717) is 12.6 Å². The van der Waals surface area contributed by atoms with Crippen molar-refractivity contribution in [3.05, 3.63) is 0 Å². The van der Waals surface area contributed by atoms with Gasteiger partial charge in [-0.05, 0) is 0 Å². The minimum atomic E-state index is -0.833. The van der Waals surface area contributed by atoms with Crippen molar-refractivity contribution in [2.24, 2.45) is 5.73 Å². The maximum absolute atomic E-state index is 9.00. The summed E-state index contributed by atoms with van der Waals surface area (Å²) in [6, 6.07) is 0. The lowest BCUT2D eigenvalue weighted by atomic mass is 10.5. The van der Waals surface area contributed by atoms with Gasteiger partial charge in [-0.1, -0.05) is 0 Å². The summed E-state index contributed by atoms with van der Waals surface area (Å²) in [6.45, 7) is 2.66. The molecule has 0 bridgehead atoms. The van der Waals surface area contributed by atoms with Crippen LogP contribution in [0, 0.1) is 0 Å². The Balaban J connectivity index is 0.000000148. The Kier molecular flexibility index (Phi) is 4.00. The molecule has 1 saturated heterocycles. The average Bonchev–Trinajstić information content (AvgIpc) is 2.43. The molecule has 0 aromatic carbocycles. The van der Waals surface area contributed by atoms with Gasteiger partial charge in [-0.15, -0.1) is 0 Å². The molecule has 0 radical (unpaired) electrons. The standard InChI is InChI=1S/C3H7NO.C2H4O2/c4-1-3-2-5-3;1-2(3)4/h3H,1-2,4H2;1H3,(H,3,4)/t3-;/m0./s1. The van der Waals surface area contributed by atoms with Gasteiger partial charge in [-0.3, -0.25) is 4.79 Å². The van der Waals surface area contributed by atoms with Crippen molar-refractivity contribution in [2.45, 2.75) is 13.0 Å². The first kappa shape index (κ1) is 8.39. The number of carboxylic acids is 1. The molecular formula is C5H11NO3. The molecule has 1 atom stereocenters. The third kappa shape index (κ3) is 11.1. The maximum Gasteiger partial charge on any atom is 0.300 e. The number of carbonyl (C=O) groups is 1. The predicted molar refractivity (Wildman–Crippen MR) is 32.1 cm³/mol. The molecule has 4 heteroatoms. The van der Waals surface area contributed by atoms with Crippen LogP contribution < -0.4 is 5.73 Å². The van der Waals surface area contributed by atoms with E-state index in [1.807, 2.05) is 0 Å². The third-order valence-corrected chi connectivity index (χ3v) is 0.665. The minimum Gasteiger partial charge on any atom is -0.481 e. The predicted octanol–water partition coefficient (Wildman–Crippen LogP) is -0.565. The van der Waals surface area contributed by atoms with Gasteiger partial charge in [0.2, 0.25) is 0 Å². The Morgan fingerprint density at radius 1 is 2.00 bits per heavy atom. The molecule has 1 fully saturated rings. The van der Waals surface area contributed by atoms with E-state index in [0.717, 1.165) is 13.5 Å². The summed E-state index contributed by atoms with van der Waals surface area (Å²) in [6.07, 6.45) is 0.412. The molecule has 0 aliphatic carbocycles. The number of nitrogens with two attached hydrogens (primary N) is 1. The zero-order valence-corrected chi connectivity index (χ0v) is 5.33. The Morgan fingerprint density at radius 2 is 2.33 bits per heavy atom. The highest BCUT2D eigenvalue weighted by Gasteiger charge is 2.18. The van der Waals surface area contributed by atoms with E-state index >= 15 is 0 Å². The van der Waals surface area contributed by atoms with Crippen LogP contribution in [0.15, 0.2) is 0 Å². The summed E-state index contributed by atoms with van der Waals surface area (Å²) in [4.78, 5) is 9.00. The van der Waals surface area contributed by atoms with Crippen LogP contribution in [-0.4, -0.2) is 30.3 Å². The second kappa shape index (κ2) is 4.29. The molecule has 54 valence electrons. The summed E-state index contributed by atoms with van der Waals surface area (Å²) < 4.78 is 4.73. The lowest BCUT2D eigenvalue weighted by Gasteiger charge is -1.71. The highest BCUT2D eigenvalue weighted by molar-refractivity contribution is 5.62. The topological polar surface area (TPSA) is 75.8 Å². The molecule has 9 heavy (non-hydrogen) atoms. The second-order valence-electron chi connectivity index (χ2n) is 1.71. The van der Waals surface area contributed by atoms with Crippen molar-refractivity contribution in [3.63, 3.8) is 0 Å². The summed E-state index contributed by atoms with van der Waals surface area (Å²) >= 11 is 0. The van der Waals surface area contributed by atoms with Crippen LogP contribution in [-0.2, 0) is 9.53 Å². The van der Waals surface area contributed by atoms with Crippen LogP contribution in [0.1, 0.15) is 6.92 Å². The first-order valence-corrected chi connectivity index (χ1v) is 2.68. The number of hydrogen-bond donors (Lipinski definition) is 2. The monoisotopic (exact) mass is 133 g/mol. The van der Waals surface area contributed by atoms with Gasteiger partial charge < -0.3 is 15.6 Å². The van der Waals surface area contributed by atoms with Gasteiger partial charge >= 0.3 is 0 Å². The third-order valence-electron chi connectivity index (χ3n) is 0.665. The zero-order valence-electron chi connectivity index (χ0n) is 5.33. The highest BCUT2D eigenvalue weighted by atomic mass is 16.6. The molecule has 0 saturated carbocycles. The highest BCUT2D eigenvalue weighted by Crippen LogP contribution is 2.03. The Hall–Kier alpha value is -0.610. The Labute approximate surface area is 53.6 Å². The largest absolute Gasteiger partial charge is 0.481 e. The lowest BCUT2D eigenvalue weighted by Crippen LogP contribution is -2.05. The maximum atomic E-state index is 9.00. The van der Waals surface area contributed by atoms with Crippen molar-refractivity contribution in [2.75, 3.05) is 13.2 Å². The molecule has 0 aromatic heterocycles. The van der Waals surface area contributed by atoms with Crippen molar-refractivity contribution < 1.29 is 14.6 Å². The fourth-order valence-electron chi connectivity index (χ4n) is 0.204. The fraction of sp³-hybridized carbons (Fsp3) is 0.800. The van der Waals surface area contributed by atoms with Gasteiger partial charge in [-0.25, -0.2) is 0 Å². The minimum absolute atomic E-state index is 0.412. The summed E-state index contributed by atoms with van der Waals surface area (Å²) in [5, 5.41) is 7.42. The number of aliphatic carboxylic acids is 1. The first-order valence-electron chi connectivity index (χ1n) is 2.68. The van der Waals surface area contributed by atoms with Gasteiger partial charge in [0, 0.05) is 13.5 Å². The number of hydrogen-bond acceptors (Lipinski definition) is 3. The molecule has 1 rings (SSSR count). The van der Waals surface area contributed by atoms with Gasteiger partial charge in [0.15, 0.2) is 0 Å². The van der Waals surface area contributed by atoms with Crippen LogP contribution in [0.25, 0.3) is 0 Å². The zero-order chi connectivity index (χ0) is 7.28. The van der Waals surface area contributed by atoms with Gasteiger partial charge in [0.1, 0.15) is 0 Å². The van der Waals surface area contributed by atoms with Crippen LogP contribution in [0.3, 0.4) is 0 Å². The Bertz CT molecular complexity index is 86.2. The van der Waals surface area contributed by atoms with Crippen LogP contribution >= 0.6 is 0 Å². The average molecular weight is 133 g/mol. The van der Waals surface area contributed by atoms with Crippen LogP contribution in [0.5, 0.6) is 0 Å². The van der Waals surface area contributed by atoms with Crippen LogP contribution in [0.4, 0.5) is 0 Å². The van der Waals surface area contributed by atoms with Crippen molar-refractivity contribution in [1.82, 2.24) is 0 Å². The molecule has 1 aliphatic rings. The number of epoxide rings is 1. The van der Waals surface area contributed by atoms with Crippen molar-refractivity contribution >= 4 is 5.97 Å². The van der Waals surface area contributed by atoms with E-state index < -0.39 is 5.97 Å². The summed E-state index contributed by atoms with van der Waals surface area (Å²) in [5.74, 6) is -0.833. The fourth-order valence-corrected chi connectivity index (χ4v) is 0.204. The van der Waals surface area contributed by atoms with Gasteiger partial charge in [0.05, 0.1) is 12.7 Å². The Morgan fingerprint density at radius 3 is 2.33 bits per heavy atom. The molecule has 4 nitrogen and oxygen atoms in total.